The Balaban J connectivity index is 1.55. The number of para-hydroxylation sites is 1. The number of allylic oxidation sites excluding steroid dienone is 1. The topological polar surface area (TPSA) is 114 Å². The number of carbonyl (C=O) groups excluding carboxylic acids is 2. The lowest BCUT2D eigenvalue weighted by Crippen LogP contribution is -2.08. The third kappa shape index (κ3) is 4.24. The number of fused-ring (bicyclic) bond motifs is 1. The lowest BCUT2D eigenvalue weighted by Gasteiger charge is -2.10. The molecule has 166 valence electrons. The maximum Gasteiger partial charge on any atom is 0.343 e. The van der Waals surface area contributed by atoms with E-state index in [1.807, 2.05) is 0 Å². The van der Waals surface area contributed by atoms with Crippen LogP contribution in [0.3, 0.4) is 0 Å². The number of nitro benzene ring substituents is 1. The molecule has 0 saturated heterocycles. The summed E-state index contributed by atoms with van der Waals surface area (Å²) in [6.07, 6.45) is 1.55. The molecular weight excluding hydrogens is 430 g/mol. The molecule has 0 bridgehead atoms. The van der Waals surface area contributed by atoms with Crippen molar-refractivity contribution in [2.24, 2.45) is 0 Å². The van der Waals surface area contributed by atoms with Gasteiger partial charge in [0.1, 0.15) is 11.5 Å². The highest BCUT2D eigenvalue weighted by Crippen LogP contribution is 2.37. The molecule has 0 unspecified atom stereocenters. The second-order valence-electron chi connectivity index (χ2n) is 6.87. The summed E-state index contributed by atoms with van der Waals surface area (Å²) in [6, 6.07) is 14.7. The van der Waals surface area contributed by atoms with Crippen molar-refractivity contribution < 1.29 is 33.5 Å². The third-order valence-corrected chi connectivity index (χ3v) is 4.89. The van der Waals surface area contributed by atoms with E-state index in [0.717, 1.165) is 0 Å². The van der Waals surface area contributed by atoms with Crippen LogP contribution in [0.25, 0.3) is 6.08 Å². The molecule has 0 spiro atoms. The molecule has 0 N–H and O–H groups in total. The van der Waals surface area contributed by atoms with Crippen molar-refractivity contribution in [3.05, 3.63) is 93.2 Å². The molecule has 4 rings (SSSR count). The Hall–Kier alpha value is -4.66. The molecule has 0 saturated carbocycles. The van der Waals surface area contributed by atoms with E-state index in [-0.39, 0.29) is 34.3 Å². The number of ketones is 1. The molecule has 3 aromatic carbocycles. The van der Waals surface area contributed by atoms with Gasteiger partial charge >= 0.3 is 5.97 Å². The number of benzene rings is 3. The molecule has 0 fully saturated rings. The van der Waals surface area contributed by atoms with E-state index in [4.69, 9.17) is 18.9 Å². The first-order valence-electron chi connectivity index (χ1n) is 9.67. The summed E-state index contributed by atoms with van der Waals surface area (Å²) in [5, 5.41) is 10.7. The summed E-state index contributed by atoms with van der Waals surface area (Å²) in [6.45, 7) is 0. The van der Waals surface area contributed by atoms with Gasteiger partial charge in [0.05, 0.1) is 30.3 Å². The van der Waals surface area contributed by atoms with Crippen LogP contribution < -0.4 is 18.9 Å². The van der Waals surface area contributed by atoms with Crippen LogP contribution in [0.4, 0.5) is 5.69 Å². The van der Waals surface area contributed by atoms with E-state index in [2.05, 4.69) is 0 Å². The van der Waals surface area contributed by atoms with Gasteiger partial charge in [0.2, 0.25) is 5.78 Å². The van der Waals surface area contributed by atoms with E-state index in [1.54, 1.807) is 24.3 Å². The molecule has 1 aliphatic heterocycles. The Morgan fingerprint density at radius 3 is 2.45 bits per heavy atom. The number of non-ortho nitro benzene ring substituents is 1. The molecule has 0 radical (unpaired) electrons. The molecule has 0 atom stereocenters. The lowest BCUT2D eigenvalue weighted by molar-refractivity contribution is -0.384. The fourth-order valence-electron chi connectivity index (χ4n) is 3.28. The highest BCUT2D eigenvalue weighted by atomic mass is 16.6. The number of ether oxygens (including phenoxy) is 4. The SMILES string of the molecule is COc1cccc(C=C2Oc3cc(OC(=O)c4ccc([N+](=O)[O-])cc4)ccc3C2=O)c1OC. The number of hydrogen-bond acceptors (Lipinski definition) is 8. The zero-order valence-electron chi connectivity index (χ0n) is 17.6. The predicted molar refractivity (Wildman–Crippen MR) is 117 cm³/mol. The second-order valence-corrected chi connectivity index (χ2v) is 6.87. The second kappa shape index (κ2) is 8.83. The Morgan fingerprint density at radius 2 is 1.79 bits per heavy atom. The zero-order valence-corrected chi connectivity index (χ0v) is 17.6. The summed E-state index contributed by atoms with van der Waals surface area (Å²) < 4.78 is 21.7. The van der Waals surface area contributed by atoms with E-state index in [0.29, 0.717) is 22.6 Å². The number of nitro groups is 1. The standard InChI is InChI=1S/C24H17NO8/c1-30-19-5-3-4-15(23(19)31-2)12-21-22(26)18-11-10-17(13-20(18)33-21)32-24(27)14-6-8-16(9-7-14)25(28)29/h3-13H,1-2H3. The Morgan fingerprint density at radius 1 is 1.03 bits per heavy atom. The number of rotatable bonds is 6. The lowest BCUT2D eigenvalue weighted by atomic mass is 10.1. The summed E-state index contributed by atoms with van der Waals surface area (Å²) in [5.41, 5.74) is 0.919. The number of esters is 1. The first kappa shape index (κ1) is 21.6. The van der Waals surface area contributed by atoms with Gasteiger partial charge in [0.25, 0.3) is 5.69 Å². The molecule has 3 aromatic rings. The smallest absolute Gasteiger partial charge is 0.343 e. The number of nitrogens with zero attached hydrogens (tertiary/aromatic N) is 1. The van der Waals surface area contributed by atoms with Crippen LogP contribution in [0.1, 0.15) is 26.3 Å². The van der Waals surface area contributed by atoms with Crippen molar-refractivity contribution in [1.82, 2.24) is 0 Å². The van der Waals surface area contributed by atoms with Crippen molar-refractivity contribution in [2.45, 2.75) is 0 Å². The summed E-state index contributed by atoms with van der Waals surface area (Å²) >= 11 is 0. The van der Waals surface area contributed by atoms with Gasteiger partial charge in [-0.1, -0.05) is 12.1 Å². The minimum atomic E-state index is -0.703. The van der Waals surface area contributed by atoms with Gasteiger partial charge in [-0.15, -0.1) is 0 Å². The van der Waals surface area contributed by atoms with Gasteiger partial charge in [-0.05, 0) is 36.4 Å². The van der Waals surface area contributed by atoms with Crippen molar-refractivity contribution in [3.8, 4) is 23.0 Å². The average Bonchev–Trinajstić information content (AvgIpc) is 3.13. The zero-order chi connectivity index (χ0) is 23.5. The maximum absolute atomic E-state index is 12.8. The van der Waals surface area contributed by atoms with Crippen LogP contribution in [0.15, 0.2) is 66.4 Å². The van der Waals surface area contributed by atoms with E-state index < -0.39 is 10.9 Å². The van der Waals surface area contributed by atoms with Crippen LogP contribution in [-0.2, 0) is 0 Å². The predicted octanol–water partition coefficient (Wildman–Crippen LogP) is 4.45. The van der Waals surface area contributed by atoms with E-state index >= 15 is 0 Å². The Kier molecular flexibility index (Phi) is 5.77. The summed E-state index contributed by atoms with van der Waals surface area (Å²) in [7, 11) is 3.01. The van der Waals surface area contributed by atoms with E-state index in [9.17, 15) is 19.7 Å². The maximum atomic E-state index is 12.8. The number of Topliss-reactive ketones (excluding diaryl/α,β-unsaturated/α-hetero) is 1. The number of carbonyl (C=O) groups is 2. The number of methoxy groups -OCH3 is 2. The molecule has 33 heavy (non-hydrogen) atoms. The van der Waals surface area contributed by atoms with Crippen molar-refractivity contribution in [1.29, 1.82) is 0 Å². The normalized spacial score (nSPS) is 13.3. The largest absolute Gasteiger partial charge is 0.493 e. The summed E-state index contributed by atoms with van der Waals surface area (Å²) in [5.74, 6) is 0.407. The van der Waals surface area contributed by atoms with Crippen LogP contribution in [0.2, 0.25) is 0 Å². The fourth-order valence-corrected chi connectivity index (χ4v) is 3.28. The monoisotopic (exact) mass is 447 g/mol. The van der Waals surface area contributed by atoms with Gasteiger partial charge in [0.15, 0.2) is 17.3 Å². The summed E-state index contributed by atoms with van der Waals surface area (Å²) in [4.78, 5) is 35.3. The van der Waals surface area contributed by atoms with E-state index in [1.165, 1.54) is 56.7 Å². The van der Waals surface area contributed by atoms with Crippen molar-refractivity contribution >= 4 is 23.5 Å². The first-order chi connectivity index (χ1) is 15.9. The van der Waals surface area contributed by atoms with Crippen molar-refractivity contribution in [3.63, 3.8) is 0 Å². The first-order valence-corrected chi connectivity index (χ1v) is 9.67. The van der Waals surface area contributed by atoms with Crippen LogP contribution in [0.5, 0.6) is 23.0 Å². The molecule has 9 heteroatoms. The van der Waals surface area contributed by atoms with Gasteiger partial charge in [-0.25, -0.2) is 4.79 Å². The average molecular weight is 447 g/mol. The van der Waals surface area contributed by atoms with Crippen LogP contribution >= 0.6 is 0 Å². The van der Waals surface area contributed by atoms with Gasteiger partial charge in [-0.3, -0.25) is 14.9 Å². The molecule has 1 heterocycles. The minimum absolute atomic E-state index is 0.0791. The van der Waals surface area contributed by atoms with Gasteiger partial charge in [-0.2, -0.15) is 0 Å². The van der Waals surface area contributed by atoms with Crippen molar-refractivity contribution in [2.75, 3.05) is 14.2 Å². The third-order valence-electron chi connectivity index (χ3n) is 4.89. The molecule has 0 aliphatic carbocycles. The Labute approximate surface area is 187 Å². The molecule has 9 nitrogen and oxygen atoms in total. The molecule has 0 aromatic heterocycles. The van der Waals surface area contributed by atoms with Crippen LogP contribution in [-0.4, -0.2) is 30.9 Å². The van der Waals surface area contributed by atoms with Crippen LogP contribution in [0, 0.1) is 10.1 Å². The Bertz CT molecular complexity index is 1290. The fraction of sp³-hybridized carbons (Fsp3) is 0.0833. The van der Waals surface area contributed by atoms with Gasteiger partial charge in [0, 0.05) is 23.8 Å². The number of hydrogen-bond donors (Lipinski definition) is 0. The quantitative estimate of drug-likeness (QED) is 0.179. The van der Waals surface area contributed by atoms with Gasteiger partial charge < -0.3 is 18.9 Å². The minimum Gasteiger partial charge on any atom is -0.493 e. The highest BCUT2D eigenvalue weighted by Gasteiger charge is 2.28. The highest BCUT2D eigenvalue weighted by molar-refractivity contribution is 6.14. The molecule has 0 amide bonds. The molecular formula is C24H17NO8. The molecule has 1 aliphatic rings.